The number of carbonyl (C=O) groups is 1. The number of para-hydroxylation sites is 2. The molecule has 0 aromatic heterocycles. The molecule has 0 radical (unpaired) electrons. The van der Waals surface area contributed by atoms with Gasteiger partial charge in [-0.05, 0) is 23.8 Å². The molecule has 0 heterocycles. The molecule has 0 aliphatic carbocycles. The highest BCUT2D eigenvalue weighted by molar-refractivity contribution is 7.98. The van der Waals surface area contributed by atoms with E-state index in [0.29, 0.717) is 18.0 Å². The third-order valence-corrected chi connectivity index (χ3v) is 4.48. The summed E-state index contributed by atoms with van der Waals surface area (Å²) in [5.74, 6) is 2.27. The summed E-state index contributed by atoms with van der Waals surface area (Å²) in [6.07, 6.45) is 0. The van der Waals surface area contributed by atoms with Crippen LogP contribution < -0.4 is 15.4 Å². The summed E-state index contributed by atoms with van der Waals surface area (Å²) in [6, 6.07) is 14.8. The Morgan fingerprint density at radius 3 is 2.70 bits per heavy atom. The minimum absolute atomic E-state index is 0.243. The van der Waals surface area contributed by atoms with E-state index in [1.54, 1.807) is 31.0 Å². The molecule has 0 fully saturated rings. The lowest BCUT2D eigenvalue weighted by Gasteiger charge is -2.11. The van der Waals surface area contributed by atoms with Crippen LogP contribution in [-0.4, -0.2) is 25.4 Å². The molecule has 0 aliphatic heterocycles. The van der Waals surface area contributed by atoms with Crippen LogP contribution in [-0.2, 0) is 5.75 Å². The maximum absolute atomic E-state index is 11.9. The van der Waals surface area contributed by atoms with Crippen LogP contribution in [0.4, 0.5) is 10.5 Å². The van der Waals surface area contributed by atoms with Crippen LogP contribution in [0.2, 0.25) is 5.02 Å². The largest absolute Gasteiger partial charge is 0.495 e. The summed E-state index contributed by atoms with van der Waals surface area (Å²) in [4.78, 5) is 11.9. The van der Waals surface area contributed by atoms with Gasteiger partial charge in [-0.1, -0.05) is 41.9 Å². The van der Waals surface area contributed by atoms with Crippen molar-refractivity contribution in [1.82, 2.24) is 5.32 Å². The van der Waals surface area contributed by atoms with E-state index in [1.807, 2.05) is 36.4 Å². The molecule has 6 heteroatoms. The smallest absolute Gasteiger partial charge is 0.319 e. The van der Waals surface area contributed by atoms with Gasteiger partial charge in [0.25, 0.3) is 0 Å². The number of amides is 2. The van der Waals surface area contributed by atoms with Crippen LogP contribution in [0.3, 0.4) is 0 Å². The molecule has 0 spiro atoms. The molecule has 4 nitrogen and oxygen atoms in total. The monoisotopic (exact) mass is 350 g/mol. The van der Waals surface area contributed by atoms with Crippen molar-refractivity contribution in [3.63, 3.8) is 0 Å². The van der Waals surface area contributed by atoms with Gasteiger partial charge in [-0.3, -0.25) is 0 Å². The quantitative estimate of drug-likeness (QED) is 0.727. The van der Waals surface area contributed by atoms with Crippen molar-refractivity contribution >= 4 is 35.1 Å². The Morgan fingerprint density at radius 1 is 1.17 bits per heavy atom. The molecule has 0 atom stereocenters. The number of nitrogens with one attached hydrogen (secondary N) is 2. The van der Waals surface area contributed by atoms with Crippen molar-refractivity contribution in [2.45, 2.75) is 5.75 Å². The second kappa shape index (κ2) is 9.33. The Morgan fingerprint density at radius 2 is 1.91 bits per heavy atom. The molecule has 2 amide bonds. The molecule has 23 heavy (non-hydrogen) atoms. The zero-order valence-electron chi connectivity index (χ0n) is 12.8. The lowest BCUT2D eigenvalue weighted by atomic mass is 10.2. The number of halogens is 1. The summed E-state index contributed by atoms with van der Waals surface area (Å²) < 4.78 is 5.19. The minimum atomic E-state index is -0.243. The first-order chi connectivity index (χ1) is 11.2. The average Bonchev–Trinajstić information content (AvgIpc) is 2.56. The number of ether oxygens (including phenoxy) is 1. The van der Waals surface area contributed by atoms with E-state index < -0.39 is 0 Å². The van der Waals surface area contributed by atoms with Crippen LogP contribution in [0.15, 0.2) is 48.5 Å². The molecule has 0 aliphatic rings. The van der Waals surface area contributed by atoms with Crippen molar-refractivity contribution in [2.75, 3.05) is 24.7 Å². The van der Waals surface area contributed by atoms with E-state index in [9.17, 15) is 4.79 Å². The fourth-order valence-corrected chi connectivity index (χ4v) is 3.09. The fraction of sp³-hybridized carbons (Fsp3) is 0.235. The lowest BCUT2D eigenvalue weighted by molar-refractivity contribution is 0.252. The number of urea groups is 1. The molecule has 0 saturated heterocycles. The molecule has 122 valence electrons. The summed E-state index contributed by atoms with van der Waals surface area (Å²) in [5, 5.41) is 6.38. The summed E-state index contributed by atoms with van der Waals surface area (Å²) in [5.41, 5.74) is 1.76. The van der Waals surface area contributed by atoms with Crippen molar-refractivity contribution in [1.29, 1.82) is 0 Å². The highest BCUT2D eigenvalue weighted by Crippen LogP contribution is 2.23. The highest BCUT2D eigenvalue weighted by atomic mass is 35.5. The van der Waals surface area contributed by atoms with Gasteiger partial charge in [0, 0.05) is 23.1 Å². The van der Waals surface area contributed by atoms with Crippen molar-refractivity contribution in [3.05, 3.63) is 59.1 Å². The Bertz CT molecular complexity index is 652. The van der Waals surface area contributed by atoms with Crippen LogP contribution in [0.1, 0.15) is 5.56 Å². The average molecular weight is 351 g/mol. The summed E-state index contributed by atoms with van der Waals surface area (Å²) >= 11 is 7.83. The van der Waals surface area contributed by atoms with Crippen molar-refractivity contribution < 1.29 is 9.53 Å². The van der Waals surface area contributed by atoms with E-state index in [2.05, 4.69) is 10.6 Å². The zero-order chi connectivity index (χ0) is 16.5. The third-order valence-electron chi connectivity index (χ3n) is 3.10. The second-order valence-corrected chi connectivity index (χ2v) is 6.24. The zero-order valence-corrected chi connectivity index (χ0v) is 14.4. The molecule has 0 saturated carbocycles. The van der Waals surface area contributed by atoms with Crippen LogP contribution in [0.25, 0.3) is 0 Å². The van der Waals surface area contributed by atoms with E-state index in [4.69, 9.17) is 16.3 Å². The molecular formula is C17H19ClN2O2S. The van der Waals surface area contributed by atoms with Gasteiger partial charge in [0.2, 0.25) is 0 Å². The maximum atomic E-state index is 11.9. The van der Waals surface area contributed by atoms with Crippen molar-refractivity contribution in [2.24, 2.45) is 0 Å². The normalized spacial score (nSPS) is 10.2. The number of rotatable bonds is 7. The predicted molar refractivity (Wildman–Crippen MR) is 97.6 cm³/mol. The molecule has 2 aromatic carbocycles. The molecule has 2 N–H and O–H groups in total. The van der Waals surface area contributed by atoms with Crippen LogP contribution in [0.5, 0.6) is 5.75 Å². The van der Waals surface area contributed by atoms with Gasteiger partial charge in [-0.15, -0.1) is 0 Å². The molecular weight excluding hydrogens is 332 g/mol. The Balaban J connectivity index is 1.68. The summed E-state index contributed by atoms with van der Waals surface area (Å²) in [7, 11) is 1.57. The van der Waals surface area contributed by atoms with Gasteiger partial charge in [0.1, 0.15) is 5.75 Å². The lowest BCUT2D eigenvalue weighted by Crippen LogP contribution is -2.30. The van der Waals surface area contributed by atoms with Gasteiger partial charge >= 0.3 is 6.03 Å². The van der Waals surface area contributed by atoms with E-state index in [0.717, 1.165) is 22.1 Å². The number of benzene rings is 2. The van der Waals surface area contributed by atoms with Gasteiger partial charge in [-0.25, -0.2) is 4.79 Å². The minimum Gasteiger partial charge on any atom is -0.495 e. The highest BCUT2D eigenvalue weighted by Gasteiger charge is 2.06. The molecule has 0 unspecified atom stereocenters. The van der Waals surface area contributed by atoms with Gasteiger partial charge in [-0.2, -0.15) is 11.8 Å². The summed E-state index contributed by atoms with van der Waals surface area (Å²) in [6.45, 7) is 0.579. The van der Waals surface area contributed by atoms with Gasteiger partial charge in [0.15, 0.2) is 0 Å². The van der Waals surface area contributed by atoms with E-state index in [-0.39, 0.29) is 6.03 Å². The molecule has 2 rings (SSSR count). The number of carbonyl (C=O) groups excluding carboxylic acids is 1. The number of anilines is 1. The molecule has 0 bridgehead atoms. The van der Waals surface area contributed by atoms with Crippen LogP contribution in [0, 0.1) is 0 Å². The number of hydrogen-bond acceptors (Lipinski definition) is 3. The predicted octanol–water partition coefficient (Wildman–Crippen LogP) is 4.40. The first-order valence-electron chi connectivity index (χ1n) is 7.19. The molecule has 2 aromatic rings. The number of hydrogen-bond donors (Lipinski definition) is 2. The third kappa shape index (κ3) is 5.69. The van der Waals surface area contributed by atoms with Gasteiger partial charge in [0.05, 0.1) is 12.8 Å². The van der Waals surface area contributed by atoms with Crippen molar-refractivity contribution in [3.8, 4) is 5.75 Å². The standard InChI is InChI=1S/C17H19ClN2O2S/c1-22-16-9-5-4-8-15(16)20-17(21)19-10-11-23-12-13-6-2-3-7-14(13)18/h2-9H,10-12H2,1H3,(H2,19,20,21). The number of methoxy groups -OCH3 is 1. The van der Waals surface area contributed by atoms with E-state index in [1.165, 1.54) is 0 Å². The van der Waals surface area contributed by atoms with Crippen LogP contribution >= 0.6 is 23.4 Å². The van der Waals surface area contributed by atoms with Gasteiger partial charge < -0.3 is 15.4 Å². The maximum Gasteiger partial charge on any atom is 0.319 e. The Hall–Kier alpha value is -1.85. The first kappa shape index (κ1) is 17.5. The Labute approximate surface area is 145 Å². The second-order valence-electron chi connectivity index (χ2n) is 4.73. The SMILES string of the molecule is COc1ccccc1NC(=O)NCCSCc1ccccc1Cl. The van der Waals surface area contributed by atoms with E-state index >= 15 is 0 Å². The number of thioether (sulfide) groups is 1. The Kier molecular flexibility index (Phi) is 7.10. The topological polar surface area (TPSA) is 50.4 Å². The fourth-order valence-electron chi connectivity index (χ4n) is 1.95. The first-order valence-corrected chi connectivity index (χ1v) is 8.73.